The van der Waals surface area contributed by atoms with E-state index in [1.165, 1.54) is 12.3 Å². The molecule has 0 amide bonds. The highest BCUT2D eigenvalue weighted by Crippen LogP contribution is 2.29. The Morgan fingerprint density at radius 1 is 1.12 bits per heavy atom. The molecule has 0 aliphatic carbocycles. The van der Waals surface area contributed by atoms with Crippen LogP contribution < -0.4 is 0 Å². The Bertz CT molecular complexity index is 1090. The zero-order valence-corrected chi connectivity index (χ0v) is 13.5. The maximum atomic E-state index is 13.5. The molecular weight excluding hydrogens is 353 g/mol. The number of alkyl halides is 2. The molecule has 3 heterocycles. The van der Waals surface area contributed by atoms with Gasteiger partial charge in [0.15, 0.2) is 0 Å². The molecule has 0 aliphatic rings. The van der Waals surface area contributed by atoms with Crippen LogP contribution in [0.4, 0.5) is 13.2 Å². The van der Waals surface area contributed by atoms with Crippen LogP contribution in [0.25, 0.3) is 22.2 Å². The van der Waals surface area contributed by atoms with Gasteiger partial charge in [0.05, 0.1) is 17.3 Å². The summed E-state index contributed by atoms with van der Waals surface area (Å²) in [5.74, 6) is -0.101. The summed E-state index contributed by atoms with van der Waals surface area (Å²) in [6.45, 7) is 1.94. The van der Waals surface area contributed by atoms with Crippen LogP contribution in [0.3, 0.4) is 0 Å². The third kappa shape index (κ3) is 2.92. The SMILES string of the molecule is Cc1nnc(Cn2ncc3ncc(-[13c]4[13cH][13cH][13c](F)[13c](C(F)F)[13cH]4)cc32)o1. The van der Waals surface area contributed by atoms with Crippen LogP contribution in [-0.2, 0) is 6.54 Å². The third-order valence-corrected chi connectivity index (χ3v) is 3.91. The number of hydrogen-bond donors (Lipinski definition) is 0. The lowest BCUT2D eigenvalue weighted by Crippen LogP contribution is -2.02. The second-order valence-corrected chi connectivity index (χ2v) is 5.68. The minimum Gasteiger partial charge on any atom is -0.424 e. The molecule has 132 valence electrons. The van der Waals surface area contributed by atoms with Gasteiger partial charge in [0, 0.05) is 18.7 Å². The number of aromatic nitrogens is 5. The Balaban J connectivity index is 1.75. The molecule has 0 unspecified atom stereocenters. The number of benzene rings is 1. The van der Waals surface area contributed by atoms with Crippen molar-refractivity contribution >= 4 is 11.0 Å². The van der Waals surface area contributed by atoms with Crippen LogP contribution in [0.15, 0.2) is 41.1 Å². The molecule has 4 aromatic rings. The maximum absolute atomic E-state index is 13.5. The summed E-state index contributed by atoms with van der Waals surface area (Å²) in [5.41, 5.74) is 1.67. The molecule has 3 aromatic heterocycles. The zero-order valence-electron chi connectivity index (χ0n) is 13.5. The average Bonchev–Trinajstić information content (AvgIpc) is 3.21. The Hall–Kier alpha value is -3.23. The first-order valence-electron chi connectivity index (χ1n) is 7.70. The van der Waals surface area contributed by atoms with Gasteiger partial charge in [-0.25, -0.2) is 13.2 Å². The fraction of sp³-hybridized carbons (Fsp3) is 0.176. The third-order valence-electron chi connectivity index (χ3n) is 3.91. The number of nitrogens with zero attached hydrogens (tertiary/aromatic N) is 5. The van der Waals surface area contributed by atoms with Gasteiger partial charge in [-0.1, -0.05) is 6.07 Å². The van der Waals surface area contributed by atoms with Gasteiger partial charge in [-0.2, -0.15) is 5.10 Å². The van der Waals surface area contributed by atoms with Crippen LogP contribution in [0, 0.1) is 12.7 Å². The lowest BCUT2D eigenvalue weighted by molar-refractivity contribution is 0.146. The normalized spacial score (nSPS) is 11.6. The summed E-state index contributed by atoms with van der Waals surface area (Å²) in [6, 6.07) is 5.34. The van der Waals surface area contributed by atoms with E-state index in [0.29, 0.717) is 33.9 Å². The van der Waals surface area contributed by atoms with Gasteiger partial charge in [-0.15, -0.1) is 10.2 Å². The molecule has 0 spiro atoms. The summed E-state index contributed by atoms with van der Waals surface area (Å²) in [6.07, 6.45) is 0.226. The molecular formula is C17H12F3N5O. The number of fused-ring (bicyclic) bond motifs is 1. The van der Waals surface area contributed by atoms with Crippen LogP contribution in [0.1, 0.15) is 23.8 Å². The van der Waals surface area contributed by atoms with Crippen LogP contribution in [-0.4, -0.2) is 25.0 Å². The van der Waals surface area contributed by atoms with E-state index < -0.39 is 17.8 Å². The number of halogens is 3. The molecule has 26 heavy (non-hydrogen) atoms. The summed E-state index contributed by atoms with van der Waals surface area (Å²) in [7, 11) is 0. The Kier molecular flexibility index (Phi) is 3.90. The van der Waals surface area contributed by atoms with E-state index >= 15 is 0 Å². The molecule has 0 bridgehead atoms. The standard InChI is InChI=1S/C17H12F3N5O/c1-9-23-24-16(26-9)8-25-15-5-11(6-21-14(15)7-22-25)10-2-3-13(18)12(4-10)17(19)20/h2-7,17H,8H2,1H3/i2+1,3+1,4+1,10+1,12+1,13+1. The predicted octanol–water partition coefficient (Wildman–Crippen LogP) is 3.91. The van der Waals surface area contributed by atoms with E-state index in [0.717, 1.165) is 12.1 Å². The first-order chi connectivity index (χ1) is 12.5. The fourth-order valence-electron chi connectivity index (χ4n) is 2.66. The van der Waals surface area contributed by atoms with Crippen molar-refractivity contribution in [2.24, 2.45) is 0 Å². The van der Waals surface area contributed by atoms with Crippen molar-refractivity contribution in [2.75, 3.05) is 0 Å². The lowest BCUT2D eigenvalue weighted by Gasteiger charge is -2.07. The summed E-state index contributed by atoms with van der Waals surface area (Å²) >= 11 is 0. The Morgan fingerprint density at radius 2 is 1.96 bits per heavy atom. The van der Waals surface area contributed by atoms with Crippen molar-refractivity contribution in [2.45, 2.75) is 19.9 Å². The molecule has 9 heteroatoms. The van der Waals surface area contributed by atoms with Gasteiger partial charge in [-0.05, 0) is 23.8 Å². The first kappa shape index (κ1) is 16.2. The van der Waals surface area contributed by atoms with Crippen LogP contribution >= 0.6 is 0 Å². The van der Waals surface area contributed by atoms with Gasteiger partial charge >= 0.3 is 0 Å². The number of rotatable bonds is 4. The molecule has 1 aromatic carbocycles. The number of aryl methyl sites for hydroxylation is 1. The highest BCUT2D eigenvalue weighted by Gasteiger charge is 2.15. The quantitative estimate of drug-likeness (QED) is 0.548. The fourth-order valence-corrected chi connectivity index (χ4v) is 2.66. The Morgan fingerprint density at radius 3 is 2.69 bits per heavy atom. The van der Waals surface area contributed by atoms with Gasteiger partial charge < -0.3 is 4.42 Å². The minimum absolute atomic E-state index is 0.251. The van der Waals surface area contributed by atoms with Crippen molar-refractivity contribution in [3.8, 4) is 11.1 Å². The summed E-state index contributed by atoms with van der Waals surface area (Å²) in [5, 5.41) is 11.9. The molecule has 4 rings (SSSR count). The van der Waals surface area contributed by atoms with Crippen molar-refractivity contribution < 1.29 is 17.6 Å². The van der Waals surface area contributed by atoms with E-state index in [4.69, 9.17) is 4.42 Å². The molecule has 0 saturated heterocycles. The highest BCUT2D eigenvalue weighted by molar-refractivity contribution is 5.80. The molecule has 0 atom stereocenters. The maximum Gasteiger partial charge on any atom is 0.266 e. The Labute approximate surface area is 145 Å². The summed E-state index contributed by atoms with van der Waals surface area (Å²) < 4.78 is 46.4. The second-order valence-electron chi connectivity index (χ2n) is 5.68. The van der Waals surface area contributed by atoms with Crippen LogP contribution in [0.2, 0.25) is 0 Å². The molecule has 0 aliphatic heterocycles. The predicted molar refractivity (Wildman–Crippen MR) is 86.0 cm³/mol. The van der Waals surface area contributed by atoms with Gasteiger partial charge in [0.2, 0.25) is 11.8 Å². The topological polar surface area (TPSA) is 69.6 Å². The zero-order chi connectivity index (χ0) is 18.3. The minimum atomic E-state index is -2.89. The van der Waals surface area contributed by atoms with E-state index in [9.17, 15) is 13.2 Å². The van der Waals surface area contributed by atoms with Crippen molar-refractivity contribution in [1.29, 1.82) is 0 Å². The number of hydrogen-bond acceptors (Lipinski definition) is 5. The van der Waals surface area contributed by atoms with Crippen molar-refractivity contribution in [3.05, 3.63) is 59.8 Å². The van der Waals surface area contributed by atoms with Gasteiger partial charge in [0.25, 0.3) is 6.43 Å². The van der Waals surface area contributed by atoms with Crippen molar-refractivity contribution in [3.63, 3.8) is 0 Å². The second kappa shape index (κ2) is 6.25. The van der Waals surface area contributed by atoms with E-state index in [-0.39, 0.29) is 6.54 Å². The molecule has 0 radical (unpaired) electrons. The van der Waals surface area contributed by atoms with E-state index in [1.807, 2.05) is 0 Å². The highest BCUT2D eigenvalue weighted by atomic mass is 19.3. The van der Waals surface area contributed by atoms with Crippen LogP contribution in [0.5, 0.6) is 0 Å². The number of pyridine rings is 1. The molecule has 0 N–H and O–H groups in total. The van der Waals surface area contributed by atoms with Gasteiger partial charge in [-0.3, -0.25) is 9.67 Å². The first-order valence-corrected chi connectivity index (χ1v) is 7.70. The summed E-state index contributed by atoms with van der Waals surface area (Å²) in [4.78, 5) is 4.29. The van der Waals surface area contributed by atoms with E-state index in [1.54, 1.807) is 23.9 Å². The van der Waals surface area contributed by atoms with E-state index in [2.05, 4.69) is 20.3 Å². The molecule has 0 fully saturated rings. The largest absolute Gasteiger partial charge is 0.424 e. The monoisotopic (exact) mass is 365 g/mol. The van der Waals surface area contributed by atoms with Crippen molar-refractivity contribution in [1.82, 2.24) is 25.0 Å². The van der Waals surface area contributed by atoms with Gasteiger partial charge in [0.1, 0.15) is 17.9 Å². The molecule has 0 saturated carbocycles. The smallest absolute Gasteiger partial charge is 0.266 e. The lowest BCUT2D eigenvalue weighted by atomic mass is 10.3. The average molecular weight is 365 g/mol. The molecule has 6 nitrogen and oxygen atoms in total.